The molecule has 4 aromatic rings. The molecule has 1 fully saturated rings. The zero-order valence-corrected chi connectivity index (χ0v) is 19.4. The first-order valence-electron chi connectivity index (χ1n) is 11.3. The summed E-state index contributed by atoms with van der Waals surface area (Å²) >= 11 is 1.55. The fourth-order valence-corrected chi connectivity index (χ4v) is 4.94. The summed E-state index contributed by atoms with van der Waals surface area (Å²) in [4.78, 5) is 6.05. The van der Waals surface area contributed by atoms with Gasteiger partial charge in [0.25, 0.3) is 0 Å². The molecule has 0 bridgehead atoms. The number of hydrogen-bond donors (Lipinski definition) is 0. The van der Waals surface area contributed by atoms with Crippen molar-refractivity contribution in [2.45, 2.75) is 19.4 Å². The SMILES string of the molecule is CN1CCN(c2cccc3ccc(OCc4cc(CCc5ccccc5)ns4)cc23)CC1. The second-order valence-electron chi connectivity index (χ2n) is 8.51. The van der Waals surface area contributed by atoms with Crippen molar-refractivity contribution < 1.29 is 4.74 Å². The van der Waals surface area contributed by atoms with Crippen molar-refractivity contribution in [1.82, 2.24) is 9.27 Å². The van der Waals surface area contributed by atoms with E-state index in [0.29, 0.717) is 6.61 Å². The van der Waals surface area contributed by atoms with Gasteiger partial charge in [0.2, 0.25) is 0 Å². The average molecular weight is 444 g/mol. The predicted octanol–water partition coefficient (Wildman–Crippen LogP) is 5.41. The summed E-state index contributed by atoms with van der Waals surface area (Å²) in [5.41, 5.74) is 3.81. The van der Waals surface area contributed by atoms with Crippen LogP contribution in [0, 0.1) is 0 Å². The van der Waals surface area contributed by atoms with E-state index in [4.69, 9.17) is 4.74 Å². The molecular weight excluding hydrogens is 414 g/mol. The third kappa shape index (κ3) is 4.95. The number of benzene rings is 3. The van der Waals surface area contributed by atoms with Crippen LogP contribution in [-0.4, -0.2) is 42.5 Å². The number of ether oxygens (including phenoxy) is 1. The van der Waals surface area contributed by atoms with E-state index >= 15 is 0 Å². The highest BCUT2D eigenvalue weighted by atomic mass is 32.1. The first-order chi connectivity index (χ1) is 15.7. The highest BCUT2D eigenvalue weighted by Gasteiger charge is 2.16. The molecule has 1 saturated heterocycles. The number of rotatable bonds is 7. The zero-order valence-electron chi connectivity index (χ0n) is 18.5. The molecule has 0 atom stereocenters. The van der Waals surface area contributed by atoms with Crippen LogP contribution in [0.2, 0.25) is 0 Å². The third-order valence-corrected chi connectivity index (χ3v) is 6.97. The van der Waals surface area contributed by atoms with Crippen LogP contribution in [0.5, 0.6) is 5.75 Å². The normalized spacial score (nSPS) is 14.7. The maximum Gasteiger partial charge on any atom is 0.124 e. The van der Waals surface area contributed by atoms with Crippen LogP contribution < -0.4 is 9.64 Å². The van der Waals surface area contributed by atoms with Crippen molar-refractivity contribution in [2.75, 3.05) is 38.1 Å². The molecule has 0 saturated carbocycles. The van der Waals surface area contributed by atoms with E-state index in [-0.39, 0.29) is 0 Å². The lowest BCUT2D eigenvalue weighted by molar-refractivity contribution is 0.310. The number of piperazine rings is 1. The monoisotopic (exact) mass is 443 g/mol. The minimum atomic E-state index is 0.561. The van der Waals surface area contributed by atoms with Crippen LogP contribution in [0.15, 0.2) is 72.8 Å². The van der Waals surface area contributed by atoms with E-state index in [0.717, 1.165) is 50.5 Å². The van der Waals surface area contributed by atoms with Gasteiger partial charge in [-0.25, -0.2) is 0 Å². The Balaban J connectivity index is 1.25. The van der Waals surface area contributed by atoms with E-state index in [2.05, 4.69) is 94.0 Å². The van der Waals surface area contributed by atoms with Crippen LogP contribution in [0.25, 0.3) is 10.8 Å². The molecule has 3 aromatic carbocycles. The van der Waals surface area contributed by atoms with Crippen LogP contribution in [0.1, 0.15) is 16.1 Å². The summed E-state index contributed by atoms with van der Waals surface area (Å²) in [7, 11) is 2.19. The Morgan fingerprint density at radius 1 is 0.875 bits per heavy atom. The third-order valence-electron chi connectivity index (χ3n) is 6.18. The number of anilines is 1. The van der Waals surface area contributed by atoms with Gasteiger partial charge < -0.3 is 14.5 Å². The van der Waals surface area contributed by atoms with Crippen LogP contribution >= 0.6 is 11.5 Å². The molecule has 0 radical (unpaired) electrons. The van der Waals surface area contributed by atoms with Crippen molar-refractivity contribution in [2.24, 2.45) is 0 Å². The smallest absolute Gasteiger partial charge is 0.124 e. The first-order valence-corrected chi connectivity index (χ1v) is 12.1. The van der Waals surface area contributed by atoms with Gasteiger partial charge in [0, 0.05) is 37.3 Å². The number of hydrogen-bond acceptors (Lipinski definition) is 5. The van der Waals surface area contributed by atoms with Crippen molar-refractivity contribution in [1.29, 1.82) is 0 Å². The van der Waals surface area contributed by atoms with E-state index in [1.54, 1.807) is 11.5 Å². The molecule has 5 heteroatoms. The fourth-order valence-electron chi connectivity index (χ4n) is 4.26. The summed E-state index contributed by atoms with van der Waals surface area (Å²) in [6.45, 7) is 4.89. The molecule has 0 unspecified atom stereocenters. The fraction of sp³-hybridized carbons (Fsp3) is 0.296. The van der Waals surface area contributed by atoms with E-state index in [1.807, 2.05) is 0 Å². The minimum absolute atomic E-state index is 0.561. The standard InChI is InChI=1S/C27H29N3OS/c1-29-14-16-30(17-15-29)27-9-5-8-22-11-13-24(19-26(22)27)31-20-25-18-23(28-32-25)12-10-21-6-3-2-4-7-21/h2-9,11,13,18-19H,10,12,14-17,20H2,1H3. The quantitative estimate of drug-likeness (QED) is 0.382. The van der Waals surface area contributed by atoms with Crippen molar-refractivity contribution in [3.63, 3.8) is 0 Å². The summed E-state index contributed by atoms with van der Waals surface area (Å²) in [5.74, 6) is 0.915. The largest absolute Gasteiger partial charge is 0.488 e. The number of aromatic nitrogens is 1. The summed E-state index contributed by atoms with van der Waals surface area (Å²) in [6, 6.07) is 25.8. The Morgan fingerprint density at radius 2 is 1.72 bits per heavy atom. The molecule has 0 N–H and O–H groups in total. The molecule has 0 aliphatic carbocycles. The Hall–Kier alpha value is -2.89. The number of fused-ring (bicyclic) bond motifs is 1. The Labute approximate surface area is 194 Å². The van der Waals surface area contributed by atoms with E-state index in [1.165, 1.54) is 26.9 Å². The highest BCUT2D eigenvalue weighted by molar-refractivity contribution is 7.05. The Bertz CT molecular complexity index is 1170. The van der Waals surface area contributed by atoms with Crippen LogP contribution in [0.4, 0.5) is 5.69 Å². The van der Waals surface area contributed by atoms with Crippen molar-refractivity contribution >= 4 is 28.0 Å². The summed E-state index contributed by atoms with van der Waals surface area (Å²) in [5, 5.41) is 2.53. The molecule has 32 heavy (non-hydrogen) atoms. The molecule has 164 valence electrons. The van der Waals surface area contributed by atoms with Gasteiger partial charge in [-0.15, -0.1) is 0 Å². The summed E-state index contributed by atoms with van der Waals surface area (Å²) < 4.78 is 10.8. The molecule has 1 aromatic heterocycles. The van der Waals surface area contributed by atoms with Gasteiger partial charge >= 0.3 is 0 Å². The van der Waals surface area contributed by atoms with Gasteiger partial charge in [-0.2, -0.15) is 4.37 Å². The first kappa shape index (κ1) is 21.0. The summed E-state index contributed by atoms with van der Waals surface area (Å²) in [6.07, 6.45) is 1.98. The van der Waals surface area contributed by atoms with Gasteiger partial charge in [-0.05, 0) is 66.6 Å². The van der Waals surface area contributed by atoms with E-state index < -0.39 is 0 Å². The van der Waals surface area contributed by atoms with Gasteiger partial charge in [0.1, 0.15) is 12.4 Å². The lowest BCUT2D eigenvalue weighted by Crippen LogP contribution is -2.44. The van der Waals surface area contributed by atoms with Gasteiger partial charge in [-0.3, -0.25) is 0 Å². The average Bonchev–Trinajstić information content (AvgIpc) is 3.30. The van der Waals surface area contributed by atoms with Gasteiger partial charge in [-0.1, -0.05) is 48.5 Å². The van der Waals surface area contributed by atoms with Crippen molar-refractivity contribution in [3.8, 4) is 5.75 Å². The lowest BCUT2D eigenvalue weighted by atomic mass is 10.1. The molecule has 1 aliphatic heterocycles. The molecule has 2 heterocycles. The molecule has 5 rings (SSSR count). The second kappa shape index (κ2) is 9.72. The molecule has 1 aliphatic rings. The minimum Gasteiger partial charge on any atom is -0.488 e. The topological polar surface area (TPSA) is 28.6 Å². The molecule has 0 amide bonds. The number of likely N-dealkylation sites (N-methyl/N-ethyl adjacent to an activating group) is 1. The van der Waals surface area contributed by atoms with Crippen molar-refractivity contribution in [3.05, 3.63) is 88.9 Å². The van der Waals surface area contributed by atoms with Gasteiger partial charge in [0.05, 0.1) is 10.6 Å². The van der Waals surface area contributed by atoms with Crippen LogP contribution in [0.3, 0.4) is 0 Å². The maximum atomic E-state index is 6.18. The molecule has 0 spiro atoms. The molecule has 4 nitrogen and oxygen atoms in total. The zero-order chi connectivity index (χ0) is 21.8. The van der Waals surface area contributed by atoms with E-state index in [9.17, 15) is 0 Å². The number of nitrogens with zero attached hydrogens (tertiary/aromatic N) is 3. The predicted molar refractivity (Wildman–Crippen MR) is 134 cm³/mol. The Kier molecular flexibility index (Phi) is 6.37. The van der Waals surface area contributed by atoms with Gasteiger partial charge in [0.15, 0.2) is 0 Å². The number of aryl methyl sites for hydroxylation is 2. The lowest BCUT2D eigenvalue weighted by Gasteiger charge is -2.34. The second-order valence-corrected chi connectivity index (χ2v) is 9.40. The van der Waals surface area contributed by atoms with Crippen LogP contribution in [-0.2, 0) is 19.4 Å². The Morgan fingerprint density at radius 3 is 2.56 bits per heavy atom. The maximum absolute atomic E-state index is 6.18. The molecular formula is C27H29N3OS. The highest BCUT2D eigenvalue weighted by Crippen LogP contribution is 2.31.